The Labute approximate surface area is 144 Å². The summed E-state index contributed by atoms with van der Waals surface area (Å²) in [6.45, 7) is 6.42. The molecule has 134 valence electrons. The van der Waals surface area contributed by atoms with Crippen molar-refractivity contribution in [1.29, 1.82) is 0 Å². The zero-order valence-corrected chi connectivity index (χ0v) is 14.6. The van der Waals surface area contributed by atoms with Crippen molar-refractivity contribution in [3.8, 4) is 0 Å². The summed E-state index contributed by atoms with van der Waals surface area (Å²) in [6, 6.07) is 1.07. The van der Waals surface area contributed by atoms with Crippen LogP contribution in [0.1, 0.15) is 45.6 Å². The van der Waals surface area contributed by atoms with Gasteiger partial charge in [-0.2, -0.15) is 0 Å². The first kappa shape index (κ1) is 18.6. The monoisotopic (exact) mass is 362 g/mol. The molecule has 0 unspecified atom stereocenters. The van der Waals surface area contributed by atoms with Crippen LogP contribution in [0, 0.1) is 0 Å². The number of ether oxygens (including phenoxy) is 1. The Balaban J connectivity index is 2.00. The molecule has 2 rings (SSSR count). The highest BCUT2D eigenvalue weighted by atomic mass is 35.5. The number of likely N-dealkylation sites (tertiary alicyclic amines) is 1. The van der Waals surface area contributed by atoms with Crippen molar-refractivity contribution in [3.63, 3.8) is 0 Å². The molecule has 1 aromatic rings. The number of halogens is 3. The van der Waals surface area contributed by atoms with Crippen molar-refractivity contribution in [2.24, 2.45) is 0 Å². The zero-order valence-electron chi connectivity index (χ0n) is 13.9. The molecule has 1 aliphatic rings. The van der Waals surface area contributed by atoms with Crippen molar-refractivity contribution in [1.82, 2.24) is 15.1 Å². The molecule has 0 bridgehead atoms. The molecule has 0 aliphatic carbocycles. The van der Waals surface area contributed by atoms with Crippen molar-refractivity contribution in [2.45, 2.75) is 51.7 Å². The molecule has 6 nitrogen and oxygen atoms in total. The number of carbonyl (C=O) groups is 1. The minimum Gasteiger partial charge on any atom is -0.444 e. The minimum atomic E-state index is -2.72. The molecule has 24 heavy (non-hydrogen) atoms. The van der Waals surface area contributed by atoms with Crippen LogP contribution < -0.4 is 5.32 Å². The molecular formula is C15H21ClF2N4O2. The summed E-state index contributed by atoms with van der Waals surface area (Å²) in [5, 5.41) is 10.0. The highest BCUT2D eigenvalue weighted by molar-refractivity contribution is 6.30. The number of hydrogen-bond donors (Lipinski definition) is 1. The van der Waals surface area contributed by atoms with Gasteiger partial charge in [-0.15, -0.1) is 10.2 Å². The van der Waals surface area contributed by atoms with Gasteiger partial charge in [0.1, 0.15) is 11.4 Å². The van der Waals surface area contributed by atoms with Crippen LogP contribution >= 0.6 is 11.6 Å². The van der Waals surface area contributed by atoms with Crippen LogP contribution in [0.4, 0.5) is 19.4 Å². The fourth-order valence-corrected chi connectivity index (χ4v) is 2.59. The van der Waals surface area contributed by atoms with Gasteiger partial charge in [0.25, 0.3) is 6.43 Å². The number of hydrogen-bond acceptors (Lipinski definition) is 5. The average molecular weight is 363 g/mol. The van der Waals surface area contributed by atoms with Crippen molar-refractivity contribution >= 4 is 23.5 Å². The SMILES string of the molecule is CC(C)(C)OC(=O)N1CCC[C@@H](Nc2cc(C(F)F)c(Cl)nn2)C1. The summed E-state index contributed by atoms with van der Waals surface area (Å²) >= 11 is 5.61. The standard InChI is InChI=1S/C15H21ClF2N4O2/c1-15(2,3)24-14(23)22-6-4-5-9(8-22)19-11-7-10(13(17)18)12(16)21-20-11/h7,9,13H,4-6,8H2,1-3H3,(H,19,20)/t9-/m1/s1. The molecule has 1 aliphatic heterocycles. The molecule has 1 aromatic heterocycles. The molecule has 9 heteroatoms. The third kappa shape index (κ3) is 5.15. The van der Waals surface area contributed by atoms with Crippen LogP contribution in [0.3, 0.4) is 0 Å². The van der Waals surface area contributed by atoms with Crippen LogP contribution in [-0.2, 0) is 4.74 Å². The number of anilines is 1. The first-order chi connectivity index (χ1) is 11.2. The van der Waals surface area contributed by atoms with Crippen LogP contribution in [0.5, 0.6) is 0 Å². The maximum atomic E-state index is 12.9. The van der Waals surface area contributed by atoms with Gasteiger partial charge in [-0.25, -0.2) is 13.6 Å². The van der Waals surface area contributed by atoms with E-state index >= 15 is 0 Å². The second kappa shape index (κ2) is 7.46. The third-order valence-electron chi connectivity index (χ3n) is 3.44. The number of carbonyl (C=O) groups excluding carboxylic acids is 1. The number of piperidine rings is 1. The van der Waals surface area contributed by atoms with E-state index in [1.54, 1.807) is 25.7 Å². The fraction of sp³-hybridized carbons (Fsp3) is 0.667. The summed E-state index contributed by atoms with van der Waals surface area (Å²) in [7, 11) is 0. The predicted molar refractivity (Wildman–Crippen MR) is 86.5 cm³/mol. The van der Waals surface area contributed by atoms with E-state index in [1.807, 2.05) is 0 Å². The van der Waals surface area contributed by atoms with Gasteiger partial charge in [-0.05, 0) is 39.7 Å². The Morgan fingerprint density at radius 3 is 2.79 bits per heavy atom. The molecule has 0 saturated carbocycles. The molecule has 0 spiro atoms. The number of amides is 1. The zero-order chi connectivity index (χ0) is 17.9. The van der Waals surface area contributed by atoms with Crippen molar-refractivity contribution < 1.29 is 18.3 Å². The number of rotatable bonds is 3. The van der Waals surface area contributed by atoms with Crippen LogP contribution in [-0.4, -0.2) is 45.9 Å². The van der Waals surface area contributed by atoms with Gasteiger partial charge in [0.15, 0.2) is 5.15 Å². The second-order valence-electron chi connectivity index (χ2n) is 6.69. The van der Waals surface area contributed by atoms with Crippen LogP contribution in [0.15, 0.2) is 6.07 Å². The lowest BCUT2D eigenvalue weighted by Gasteiger charge is -2.34. The van der Waals surface area contributed by atoms with E-state index in [9.17, 15) is 13.6 Å². The van der Waals surface area contributed by atoms with Gasteiger partial charge in [0, 0.05) is 19.1 Å². The van der Waals surface area contributed by atoms with E-state index in [1.165, 1.54) is 6.07 Å². The largest absolute Gasteiger partial charge is 0.444 e. The van der Waals surface area contributed by atoms with Crippen molar-refractivity contribution in [2.75, 3.05) is 18.4 Å². The van der Waals surface area contributed by atoms with Gasteiger partial charge < -0.3 is 15.0 Å². The normalized spacial score (nSPS) is 18.6. The van der Waals surface area contributed by atoms with Crippen molar-refractivity contribution in [3.05, 3.63) is 16.8 Å². The topological polar surface area (TPSA) is 67.3 Å². The van der Waals surface area contributed by atoms with E-state index in [-0.39, 0.29) is 28.7 Å². The molecule has 1 N–H and O–H groups in total. The highest BCUT2D eigenvalue weighted by Crippen LogP contribution is 2.27. The van der Waals surface area contributed by atoms with Gasteiger partial charge in [0.05, 0.1) is 5.56 Å². The van der Waals surface area contributed by atoms with Gasteiger partial charge in [-0.1, -0.05) is 11.6 Å². The lowest BCUT2D eigenvalue weighted by Crippen LogP contribution is -2.47. The maximum absolute atomic E-state index is 12.9. The number of nitrogens with one attached hydrogen (secondary N) is 1. The Hall–Kier alpha value is -1.70. The minimum absolute atomic E-state index is 0.118. The lowest BCUT2D eigenvalue weighted by atomic mass is 10.1. The van der Waals surface area contributed by atoms with Gasteiger partial charge in [0.2, 0.25) is 0 Å². The van der Waals surface area contributed by atoms with Crippen LogP contribution in [0.25, 0.3) is 0 Å². The molecule has 2 heterocycles. The lowest BCUT2D eigenvalue weighted by molar-refractivity contribution is 0.0206. The number of aromatic nitrogens is 2. The summed E-state index contributed by atoms with van der Waals surface area (Å²) in [5.74, 6) is 0.214. The smallest absolute Gasteiger partial charge is 0.410 e. The Morgan fingerprint density at radius 2 is 2.17 bits per heavy atom. The van der Waals surface area contributed by atoms with E-state index in [0.717, 1.165) is 12.8 Å². The van der Waals surface area contributed by atoms with E-state index in [4.69, 9.17) is 16.3 Å². The first-order valence-corrected chi connectivity index (χ1v) is 8.09. The molecule has 0 aromatic carbocycles. The van der Waals surface area contributed by atoms with Gasteiger partial charge >= 0.3 is 6.09 Å². The Morgan fingerprint density at radius 1 is 1.46 bits per heavy atom. The van der Waals surface area contributed by atoms with Crippen LogP contribution in [0.2, 0.25) is 5.15 Å². The summed E-state index contributed by atoms with van der Waals surface area (Å²) in [6.07, 6.45) is -1.55. The quantitative estimate of drug-likeness (QED) is 0.883. The molecule has 1 atom stereocenters. The summed E-state index contributed by atoms with van der Waals surface area (Å²) < 4.78 is 31.1. The van der Waals surface area contributed by atoms with Gasteiger partial charge in [-0.3, -0.25) is 0 Å². The fourth-order valence-electron chi connectivity index (χ4n) is 2.41. The summed E-state index contributed by atoms with van der Waals surface area (Å²) in [5.41, 5.74) is -0.931. The second-order valence-corrected chi connectivity index (χ2v) is 7.04. The van der Waals surface area contributed by atoms with E-state index < -0.39 is 12.0 Å². The summed E-state index contributed by atoms with van der Waals surface area (Å²) in [4.78, 5) is 13.7. The molecule has 0 radical (unpaired) electrons. The molecule has 1 saturated heterocycles. The molecule has 1 fully saturated rings. The average Bonchev–Trinajstić information content (AvgIpc) is 2.47. The first-order valence-electron chi connectivity index (χ1n) is 7.71. The maximum Gasteiger partial charge on any atom is 0.410 e. The Kier molecular flexibility index (Phi) is 5.79. The molecular weight excluding hydrogens is 342 g/mol. The molecule has 1 amide bonds. The highest BCUT2D eigenvalue weighted by Gasteiger charge is 2.28. The Bertz CT molecular complexity index is 595. The third-order valence-corrected chi connectivity index (χ3v) is 3.73. The predicted octanol–water partition coefficient (Wildman–Crippen LogP) is 3.88. The van der Waals surface area contributed by atoms with E-state index in [0.29, 0.717) is 13.1 Å². The number of nitrogens with zero attached hydrogens (tertiary/aromatic N) is 3. The number of alkyl halides is 2. The van der Waals surface area contributed by atoms with E-state index in [2.05, 4.69) is 15.5 Å².